The second-order valence-corrected chi connectivity index (χ2v) is 6.27. The third kappa shape index (κ3) is 4.84. The van der Waals surface area contributed by atoms with E-state index in [9.17, 15) is 13.2 Å². The molecular weight excluding hydrogens is 305 g/mol. The fourth-order valence-electron chi connectivity index (χ4n) is 1.90. The summed E-state index contributed by atoms with van der Waals surface area (Å²) in [6.45, 7) is 7.34. The van der Waals surface area contributed by atoms with E-state index in [1.807, 2.05) is 39.8 Å². The monoisotopic (exact) mass is 324 g/mol. The van der Waals surface area contributed by atoms with Crippen molar-refractivity contribution in [3.63, 3.8) is 0 Å². The number of hydrogen-bond donors (Lipinski definition) is 2. The first-order valence-electron chi connectivity index (χ1n) is 7.12. The number of aryl methyl sites for hydroxylation is 1. The van der Waals surface area contributed by atoms with Crippen molar-refractivity contribution in [2.45, 2.75) is 39.4 Å². The third-order valence-corrected chi connectivity index (χ3v) is 2.91. The summed E-state index contributed by atoms with van der Waals surface area (Å²) in [6.07, 6.45) is -4.54. The number of halogens is 3. The van der Waals surface area contributed by atoms with E-state index in [1.165, 1.54) is 0 Å². The van der Waals surface area contributed by atoms with Gasteiger partial charge in [-0.25, -0.2) is 4.98 Å². The molecule has 0 amide bonds. The van der Waals surface area contributed by atoms with E-state index < -0.39 is 17.4 Å². The summed E-state index contributed by atoms with van der Waals surface area (Å²) in [5.41, 5.74) is 0.158. The van der Waals surface area contributed by atoms with Crippen LogP contribution in [0.15, 0.2) is 30.3 Å². The molecule has 0 saturated carbocycles. The molecule has 0 saturated heterocycles. The van der Waals surface area contributed by atoms with E-state index >= 15 is 0 Å². The predicted octanol–water partition coefficient (Wildman–Crippen LogP) is 4.76. The molecule has 1 heterocycles. The first-order valence-corrected chi connectivity index (χ1v) is 7.12. The van der Waals surface area contributed by atoms with Gasteiger partial charge in [0.15, 0.2) is 5.69 Å². The molecule has 1 aromatic carbocycles. The Morgan fingerprint density at radius 1 is 1.00 bits per heavy atom. The van der Waals surface area contributed by atoms with Gasteiger partial charge in [0.1, 0.15) is 5.82 Å². The van der Waals surface area contributed by atoms with E-state index in [1.54, 1.807) is 12.1 Å². The second kappa shape index (κ2) is 6.06. The average Bonchev–Trinajstić information content (AvgIpc) is 2.38. The van der Waals surface area contributed by atoms with Gasteiger partial charge >= 0.3 is 6.18 Å². The van der Waals surface area contributed by atoms with Crippen LogP contribution in [-0.4, -0.2) is 15.5 Å². The molecule has 2 N–H and O–H groups in total. The van der Waals surface area contributed by atoms with E-state index in [-0.39, 0.29) is 11.8 Å². The highest BCUT2D eigenvalue weighted by molar-refractivity contribution is 5.61. The number of rotatable bonds is 3. The molecule has 0 fully saturated rings. The van der Waals surface area contributed by atoms with Gasteiger partial charge < -0.3 is 10.6 Å². The number of alkyl halides is 3. The second-order valence-electron chi connectivity index (χ2n) is 6.27. The molecule has 0 atom stereocenters. The Balaban J connectivity index is 2.42. The third-order valence-electron chi connectivity index (χ3n) is 2.91. The summed E-state index contributed by atoms with van der Waals surface area (Å²) in [4.78, 5) is 7.70. The van der Waals surface area contributed by atoms with Crippen LogP contribution < -0.4 is 10.6 Å². The van der Waals surface area contributed by atoms with Crippen LogP contribution in [-0.2, 0) is 6.18 Å². The Morgan fingerprint density at radius 2 is 1.65 bits per heavy atom. The molecule has 2 aromatic rings. The Labute approximate surface area is 133 Å². The molecule has 0 radical (unpaired) electrons. The molecule has 2 rings (SSSR count). The lowest BCUT2D eigenvalue weighted by atomic mass is 10.1. The molecule has 0 aliphatic heterocycles. The van der Waals surface area contributed by atoms with Crippen LogP contribution >= 0.6 is 0 Å². The van der Waals surface area contributed by atoms with Crippen molar-refractivity contribution in [1.82, 2.24) is 9.97 Å². The van der Waals surface area contributed by atoms with Gasteiger partial charge in [-0.1, -0.05) is 18.2 Å². The normalized spacial score (nSPS) is 12.1. The van der Waals surface area contributed by atoms with Crippen molar-refractivity contribution in [2.24, 2.45) is 0 Å². The van der Waals surface area contributed by atoms with Crippen LogP contribution in [0.4, 0.5) is 30.6 Å². The minimum atomic E-state index is -4.54. The summed E-state index contributed by atoms with van der Waals surface area (Å²) in [5.74, 6) is 0.0248. The fraction of sp³-hybridized carbons (Fsp3) is 0.375. The first-order chi connectivity index (χ1) is 10.5. The van der Waals surface area contributed by atoms with Crippen LogP contribution in [0.5, 0.6) is 0 Å². The summed E-state index contributed by atoms with van der Waals surface area (Å²) in [7, 11) is 0. The van der Waals surface area contributed by atoms with E-state index in [0.717, 1.165) is 11.6 Å². The molecule has 4 nitrogen and oxygen atoms in total. The van der Waals surface area contributed by atoms with E-state index in [0.29, 0.717) is 5.69 Å². The molecule has 0 aliphatic rings. The van der Waals surface area contributed by atoms with Gasteiger partial charge in [0.25, 0.3) is 0 Å². The van der Waals surface area contributed by atoms with Crippen LogP contribution in [0.3, 0.4) is 0 Å². The lowest BCUT2D eigenvalue weighted by molar-refractivity contribution is -0.141. The zero-order chi connectivity index (χ0) is 17.3. The van der Waals surface area contributed by atoms with Crippen LogP contribution in [0.25, 0.3) is 0 Å². The smallest absolute Gasteiger partial charge is 0.350 e. The number of anilines is 3. The molecule has 124 valence electrons. The predicted molar refractivity (Wildman–Crippen MR) is 84.9 cm³/mol. The molecule has 0 aliphatic carbocycles. The number of para-hydroxylation sites is 1. The van der Waals surface area contributed by atoms with E-state index in [2.05, 4.69) is 20.6 Å². The highest BCUT2D eigenvalue weighted by Gasteiger charge is 2.34. The van der Waals surface area contributed by atoms with Crippen molar-refractivity contribution >= 4 is 17.5 Å². The zero-order valence-corrected chi connectivity index (χ0v) is 13.4. The fourth-order valence-corrected chi connectivity index (χ4v) is 1.90. The highest BCUT2D eigenvalue weighted by Crippen LogP contribution is 2.31. The number of nitrogens with one attached hydrogen (secondary N) is 2. The maximum atomic E-state index is 13.1. The Bertz CT molecular complexity index is 690. The maximum absolute atomic E-state index is 13.1. The van der Waals surface area contributed by atoms with Crippen molar-refractivity contribution < 1.29 is 13.2 Å². The van der Waals surface area contributed by atoms with Crippen LogP contribution in [0, 0.1) is 6.92 Å². The lowest BCUT2D eigenvalue weighted by Gasteiger charge is -2.22. The first kappa shape index (κ1) is 17.1. The van der Waals surface area contributed by atoms with Gasteiger partial charge in [0.05, 0.1) is 0 Å². The van der Waals surface area contributed by atoms with Crippen molar-refractivity contribution in [1.29, 1.82) is 0 Å². The lowest BCUT2D eigenvalue weighted by Crippen LogP contribution is -2.28. The highest BCUT2D eigenvalue weighted by atomic mass is 19.4. The molecule has 0 unspecified atom stereocenters. The Morgan fingerprint density at radius 3 is 2.22 bits per heavy atom. The SMILES string of the molecule is Cc1ccccc1Nc1cc(C(F)(F)F)nc(NC(C)(C)C)n1. The molecule has 1 aromatic heterocycles. The Kier molecular flexibility index (Phi) is 4.49. The van der Waals surface area contributed by atoms with Gasteiger partial charge in [-0.3, -0.25) is 0 Å². The number of aromatic nitrogens is 2. The van der Waals surface area contributed by atoms with Gasteiger partial charge in [-0.2, -0.15) is 18.2 Å². The quantitative estimate of drug-likeness (QED) is 0.855. The Hall–Kier alpha value is -2.31. The standard InChI is InChI=1S/C16H19F3N4/c1-10-7-5-6-8-11(10)20-13-9-12(16(17,18)19)21-14(22-13)23-15(2,3)4/h5-9H,1-4H3,(H2,20,21,22,23). The summed E-state index contributed by atoms with van der Waals surface area (Å²) in [5, 5.41) is 5.79. The van der Waals surface area contributed by atoms with Crippen molar-refractivity contribution in [3.8, 4) is 0 Å². The number of hydrogen-bond acceptors (Lipinski definition) is 4. The molecule has 0 bridgehead atoms. The maximum Gasteiger partial charge on any atom is 0.433 e. The minimum Gasteiger partial charge on any atom is -0.350 e. The summed E-state index contributed by atoms with van der Waals surface area (Å²) in [6, 6.07) is 8.20. The van der Waals surface area contributed by atoms with Gasteiger partial charge in [0.2, 0.25) is 5.95 Å². The van der Waals surface area contributed by atoms with E-state index in [4.69, 9.17) is 0 Å². The van der Waals surface area contributed by atoms with Gasteiger partial charge in [-0.05, 0) is 39.3 Å². The minimum absolute atomic E-state index is 0.0663. The molecule has 7 heteroatoms. The number of benzene rings is 1. The van der Waals surface area contributed by atoms with Crippen molar-refractivity contribution in [3.05, 3.63) is 41.6 Å². The zero-order valence-electron chi connectivity index (χ0n) is 13.4. The molecule has 0 spiro atoms. The average molecular weight is 324 g/mol. The van der Waals surface area contributed by atoms with Gasteiger partial charge in [0, 0.05) is 17.3 Å². The van der Waals surface area contributed by atoms with Crippen LogP contribution in [0.1, 0.15) is 32.0 Å². The largest absolute Gasteiger partial charge is 0.433 e. The topological polar surface area (TPSA) is 49.8 Å². The summed E-state index contributed by atoms with van der Waals surface area (Å²) >= 11 is 0. The molecular formula is C16H19F3N4. The number of nitrogens with zero attached hydrogens (tertiary/aromatic N) is 2. The van der Waals surface area contributed by atoms with Crippen LogP contribution in [0.2, 0.25) is 0 Å². The summed E-state index contributed by atoms with van der Waals surface area (Å²) < 4.78 is 39.2. The van der Waals surface area contributed by atoms with Gasteiger partial charge in [-0.15, -0.1) is 0 Å². The van der Waals surface area contributed by atoms with Crippen molar-refractivity contribution in [2.75, 3.05) is 10.6 Å². The molecule has 23 heavy (non-hydrogen) atoms.